The van der Waals surface area contributed by atoms with Crippen LogP contribution in [0.3, 0.4) is 0 Å². The Bertz CT molecular complexity index is 590. The van der Waals surface area contributed by atoms with E-state index >= 15 is 0 Å². The Hall–Kier alpha value is -1.32. The first-order valence-corrected chi connectivity index (χ1v) is 9.25. The zero-order valence-corrected chi connectivity index (χ0v) is 13.6. The van der Waals surface area contributed by atoms with Crippen LogP contribution in [0, 0.1) is 10.1 Å². The second-order valence-electron chi connectivity index (χ2n) is 4.29. The Labute approximate surface area is 128 Å². The number of unbranched alkanes of at least 4 members (excludes halogenated alkanes) is 1. The van der Waals surface area contributed by atoms with E-state index in [1.807, 2.05) is 6.26 Å². The van der Waals surface area contributed by atoms with Crippen molar-refractivity contribution in [3.8, 4) is 0 Å². The van der Waals surface area contributed by atoms with Crippen molar-refractivity contribution in [3.63, 3.8) is 0 Å². The molecule has 1 rings (SSSR count). The fraction of sp³-hybridized carbons (Fsp3) is 0.500. The monoisotopic (exact) mass is 333 g/mol. The molecule has 2 N–H and O–H groups in total. The quantitative estimate of drug-likeness (QED) is 0.407. The molecule has 0 aliphatic heterocycles. The molecule has 21 heavy (non-hydrogen) atoms. The normalized spacial score (nSPS) is 11.3. The minimum Gasteiger partial charge on any atom is -0.388 e. The molecule has 7 nitrogen and oxygen atoms in total. The van der Waals surface area contributed by atoms with Crippen LogP contribution in [0.5, 0.6) is 0 Å². The maximum Gasteiger partial charge on any atom is 0.291 e. The number of nitro benzene ring substituents is 1. The number of nitro groups is 1. The summed E-state index contributed by atoms with van der Waals surface area (Å²) in [4.78, 5) is 10.0. The first-order chi connectivity index (χ1) is 9.92. The number of hydrogen-bond donors (Lipinski definition) is 2. The van der Waals surface area contributed by atoms with Gasteiger partial charge in [0.2, 0.25) is 10.0 Å². The molecule has 0 amide bonds. The molecular weight excluding hydrogens is 314 g/mol. The summed E-state index contributed by atoms with van der Waals surface area (Å²) in [5, 5.41) is 13.8. The number of nitrogens with zero attached hydrogens (tertiary/aromatic N) is 1. The van der Waals surface area contributed by atoms with Crippen molar-refractivity contribution in [2.75, 3.05) is 30.9 Å². The topological polar surface area (TPSA) is 101 Å². The van der Waals surface area contributed by atoms with Gasteiger partial charge in [-0.3, -0.25) is 10.1 Å². The Morgan fingerprint density at radius 1 is 1.33 bits per heavy atom. The summed E-state index contributed by atoms with van der Waals surface area (Å²) in [6, 6.07) is 3.95. The van der Waals surface area contributed by atoms with Gasteiger partial charge in [0.15, 0.2) is 4.90 Å². The van der Waals surface area contributed by atoms with Crippen LogP contribution in [0.4, 0.5) is 11.4 Å². The van der Waals surface area contributed by atoms with Crippen molar-refractivity contribution < 1.29 is 13.3 Å². The second-order valence-corrected chi connectivity index (χ2v) is 7.01. The third-order valence-electron chi connectivity index (χ3n) is 2.80. The van der Waals surface area contributed by atoms with E-state index in [-0.39, 0.29) is 11.4 Å². The smallest absolute Gasteiger partial charge is 0.291 e. The van der Waals surface area contributed by atoms with Gasteiger partial charge in [0.05, 0.1) is 4.92 Å². The van der Waals surface area contributed by atoms with Gasteiger partial charge in [0.25, 0.3) is 5.69 Å². The summed E-state index contributed by atoms with van der Waals surface area (Å²) in [6.07, 6.45) is 3.57. The van der Waals surface area contributed by atoms with Gasteiger partial charge in [-0.25, -0.2) is 13.1 Å². The summed E-state index contributed by atoms with van der Waals surface area (Å²) < 4.78 is 26.7. The van der Waals surface area contributed by atoms with E-state index in [1.165, 1.54) is 18.2 Å². The molecule has 0 bridgehead atoms. The van der Waals surface area contributed by atoms with E-state index < -0.39 is 20.6 Å². The fourth-order valence-electron chi connectivity index (χ4n) is 1.70. The van der Waals surface area contributed by atoms with Gasteiger partial charge in [-0.1, -0.05) is 0 Å². The summed E-state index contributed by atoms with van der Waals surface area (Å²) in [5.41, 5.74) is 0.0547. The van der Waals surface area contributed by atoms with Crippen LogP contribution in [-0.2, 0) is 10.0 Å². The van der Waals surface area contributed by atoms with E-state index in [2.05, 4.69) is 10.0 Å². The van der Waals surface area contributed by atoms with Gasteiger partial charge in [0.1, 0.15) is 0 Å². The number of nitrogens with one attached hydrogen (secondary N) is 2. The third-order valence-corrected chi connectivity index (χ3v) is 5.01. The molecule has 0 fully saturated rings. The van der Waals surface area contributed by atoms with Crippen LogP contribution in [0.15, 0.2) is 23.1 Å². The van der Waals surface area contributed by atoms with Crippen LogP contribution in [0.25, 0.3) is 0 Å². The van der Waals surface area contributed by atoms with E-state index in [9.17, 15) is 18.5 Å². The molecule has 0 aliphatic carbocycles. The van der Waals surface area contributed by atoms with Gasteiger partial charge in [0, 0.05) is 25.3 Å². The molecule has 0 spiro atoms. The van der Waals surface area contributed by atoms with E-state index in [0.29, 0.717) is 12.1 Å². The molecule has 0 saturated carbocycles. The van der Waals surface area contributed by atoms with Crippen molar-refractivity contribution in [1.82, 2.24) is 4.72 Å². The number of rotatable bonds is 9. The molecule has 118 valence electrons. The fourth-order valence-corrected chi connectivity index (χ4v) is 3.42. The van der Waals surface area contributed by atoms with Gasteiger partial charge in [-0.2, -0.15) is 11.8 Å². The molecule has 1 aromatic carbocycles. The Kier molecular flexibility index (Phi) is 6.93. The van der Waals surface area contributed by atoms with E-state index in [4.69, 9.17) is 0 Å². The molecule has 0 atom stereocenters. The number of anilines is 1. The predicted octanol–water partition coefficient (Wildman–Crippen LogP) is 2.06. The highest BCUT2D eigenvalue weighted by Crippen LogP contribution is 2.26. The first-order valence-electron chi connectivity index (χ1n) is 6.37. The van der Waals surface area contributed by atoms with E-state index in [1.54, 1.807) is 18.8 Å². The highest BCUT2D eigenvalue weighted by molar-refractivity contribution is 7.98. The Morgan fingerprint density at radius 3 is 2.62 bits per heavy atom. The number of hydrogen-bond acceptors (Lipinski definition) is 6. The minimum atomic E-state index is -3.87. The van der Waals surface area contributed by atoms with Crippen molar-refractivity contribution in [2.24, 2.45) is 0 Å². The van der Waals surface area contributed by atoms with Gasteiger partial charge < -0.3 is 5.32 Å². The summed E-state index contributed by atoms with van der Waals surface area (Å²) >= 11 is 1.69. The average molecular weight is 333 g/mol. The van der Waals surface area contributed by atoms with Crippen LogP contribution in [0.1, 0.15) is 12.8 Å². The van der Waals surface area contributed by atoms with Crippen molar-refractivity contribution in [2.45, 2.75) is 17.7 Å². The van der Waals surface area contributed by atoms with Gasteiger partial charge in [-0.15, -0.1) is 0 Å². The van der Waals surface area contributed by atoms with Crippen molar-refractivity contribution >= 4 is 33.2 Å². The molecule has 0 heterocycles. The first kappa shape index (κ1) is 17.7. The summed E-state index contributed by atoms with van der Waals surface area (Å²) in [6.45, 7) is 0.272. The lowest BCUT2D eigenvalue weighted by Gasteiger charge is -2.08. The third kappa shape index (κ3) is 5.18. The van der Waals surface area contributed by atoms with Crippen LogP contribution in [0.2, 0.25) is 0 Å². The summed E-state index contributed by atoms with van der Waals surface area (Å²) in [5.74, 6) is 0.957. The minimum absolute atomic E-state index is 0.272. The second kappa shape index (κ2) is 8.20. The lowest BCUT2D eigenvalue weighted by molar-refractivity contribution is -0.387. The number of sulfonamides is 1. The van der Waals surface area contributed by atoms with E-state index in [0.717, 1.165) is 12.2 Å². The molecule has 0 aliphatic rings. The predicted molar refractivity (Wildman–Crippen MR) is 85.4 cm³/mol. The average Bonchev–Trinajstić information content (AvgIpc) is 2.46. The largest absolute Gasteiger partial charge is 0.388 e. The van der Waals surface area contributed by atoms with Crippen molar-refractivity contribution in [1.29, 1.82) is 0 Å². The number of benzene rings is 1. The maximum atomic E-state index is 12.1. The molecule has 0 unspecified atom stereocenters. The summed E-state index contributed by atoms with van der Waals surface area (Å²) in [7, 11) is -2.27. The molecular formula is C12H19N3O4S2. The maximum absolute atomic E-state index is 12.1. The standard InChI is InChI=1S/C12H19N3O4S2/c1-13-10-5-6-12(11(9-10)15(16)17)21(18,19)14-7-3-4-8-20-2/h5-6,9,13-14H,3-4,7-8H2,1-2H3. The lowest BCUT2D eigenvalue weighted by atomic mass is 10.3. The zero-order chi connectivity index (χ0) is 15.9. The van der Waals surface area contributed by atoms with Crippen molar-refractivity contribution in [3.05, 3.63) is 28.3 Å². The molecule has 0 saturated heterocycles. The molecule has 0 radical (unpaired) electrons. The number of thioether (sulfide) groups is 1. The Morgan fingerprint density at radius 2 is 2.05 bits per heavy atom. The Balaban J connectivity index is 2.89. The highest BCUT2D eigenvalue weighted by atomic mass is 32.2. The van der Waals surface area contributed by atoms with Crippen LogP contribution < -0.4 is 10.0 Å². The van der Waals surface area contributed by atoms with Crippen LogP contribution >= 0.6 is 11.8 Å². The lowest BCUT2D eigenvalue weighted by Crippen LogP contribution is -2.25. The van der Waals surface area contributed by atoms with Gasteiger partial charge in [-0.05, 0) is 37.0 Å². The molecule has 1 aromatic rings. The molecule has 9 heteroatoms. The SMILES string of the molecule is CNc1ccc(S(=O)(=O)NCCCCSC)c([N+](=O)[O-])c1. The van der Waals surface area contributed by atoms with Gasteiger partial charge >= 0.3 is 0 Å². The van der Waals surface area contributed by atoms with Crippen LogP contribution in [-0.4, -0.2) is 38.9 Å². The highest BCUT2D eigenvalue weighted by Gasteiger charge is 2.25. The zero-order valence-electron chi connectivity index (χ0n) is 12.0. The molecule has 0 aromatic heterocycles.